The lowest BCUT2D eigenvalue weighted by atomic mass is 10.2. The van der Waals surface area contributed by atoms with E-state index in [2.05, 4.69) is 16.0 Å². The molecule has 2 aromatic carbocycles. The number of anilines is 1. The van der Waals surface area contributed by atoms with Gasteiger partial charge in [0.15, 0.2) is 0 Å². The van der Waals surface area contributed by atoms with E-state index in [0.29, 0.717) is 18.8 Å². The normalized spacial score (nSPS) is 14.7. The van der Waals surface area contributed by atoms with Crippen LogP contribution in [0.2, 0.25) is 5.02 Å². The zero-order chi connectivity index (χ0) is 24.0. The Kier molecular flexibility index (Phi) is 8.34. The third-order valence-electron chi connectivity index (χ3n) is 5.21. The van der Waals surface area contributed by atoms with Crippen molar-refractivity contribution in [3.05, 3.63) is 58.6 Å². The van der Waals surface area contributed by atoms with Gasteiger partial charge in [0, 0.05) is 36.9 Å². The predicted molar refractivity (Wildman–Crippen MR) is 129 cm³/mol. The first-order chi connectivity index (χ1) is 15.7. The molecule has 0 aromatic heterocycles. The minimum absolute atomic E-state index is 0.0303. The van der Waals surface area contributed by atoms with Crippen molar-refractivity contribution in [1.29, 1.82) is 0 Å². The summed E-state index contributed by atoms with van der Waals surface area (Å²) in [6.45, 7) is 4.91. The Morgan fingerprint density at radius 3 is 2.33 bits per heavy atom. The number of amides is 3. The highest BCUT2D eigenvalue weighted by molar-refractivity contribution is 7.89. The maximum Gasteiger partial charge on any atom is 0.319 e. The van der Waals surface area contributed by atoms with Gasteiger partial charge in [-0.3, -0.25) is 4.79 Å². The highest BCUT2D eigenvalue weighted by Gasteiger charge is 2.28. The van der Waals surface area contributed by atoms with Gasteiger partial charge in [-0.25, -0.2) is 13.2 Å². The van der Waals surface area contributed by atoms with Gasteiger partial charge in [0.1, 0.15) is 4.90 Å². The third-order valence-corrected chi connectivity index (χ3v) is 7.59. The first kappa shape index (κ1) is 25.0. The number of carbonyl (C=O) groups is 2. The number of piperidine rings is 1. The predicted octanol–water partition coefficient (Wildman–Crippen LogP) is 3.97. The quantitative estimate of drug-likeness (QED) is 0.543. The van der Waals surface area contributed by atoms with Crippen LogP contribution in [0.5, 0.6) is 0 Å². The summed E-state index contributed by atoms with van der Waals surface area (Å²) in [5, 5.41) is 8.36. The second-order valence-electron chi connectivity index (χ2n) is 8.24. The molecular formula is C23H29ClN4O4S. The fraction of sp³-hybridized carbons (Fsp3) is 0.391. The molecule has 3 N–H and O–H groups in total. The molecule has 3 amide bonds. The molecule has 1 fully saturated rings. The van der Waals surface area contributed by atoms with Gasteiger partial charge in [-0.15, -0.1) is 0 Å². The maximum atomic E-state index is 13.0. The number of carbonyl (C=O) groups excluding carboxylic acids is 2. The lowest BCUT2D eigenvalue weighted by Crippen LogP contribution is -2.36. The molecule has 0 saturated carbocycles. The molecular weight excluding hydrogens is 464 g/mol. The van der Waals surface area contributed by atoms with E-state index in [1.165, 1.54) is 22.5 Å². The summed E-state index contributed by atoms with van der Waals surface area (Å²) < 4.78 is 27.4. The molecule has 8 nitrogen and oxygen atoms in total. The van der Waals surface area contributed by atoms with Crippen molar-refractivity contribution in [3.8, 4) is 0 Å². The largest absolute Gasteiger partial charge is 0.348 e. The Morgan fingerprint density at radius 2 is 1.70 bits per heavy atom. The summed E-state index contributed by atoms with van der Waals surface area (Å²) in [4.78, 5) is 24.4. The first-order valence-corrected chi connectivity index (χ1v) is 12.7. The Balaban J connectivity index is 1.64. The summed E-state index contributed by atoms with van der Waals surface area (Å²) in [7, 11) is -3.76. The minimum atomic E-state index is -3.76. The number of nitrogens with zero attached hydrogens (tertiary/aromatic N) is 1. The SMILES string of the molecule is CC(C)NC(=O)Nc1ccc(CNC(=O)c2ccc(Cl)c(S(=O)(=O)N3CCCCC3)c2)cc1. The lowest BCUT2D eigenvalue weighted by molar-refractivity contribution is 0.0950. The van der Waals surface area contributed by atoms with Crippen LogP contribution in [0.25, 0.3) is 0 Å². The van der Waals surface area contributed by atoms with Gasteiger partial charge in [0.2, 0.25) is 10.0 Å². The van der Waals surface area contributed by atoms with E-state index in [1.54, 1.807) is 24.3 Å². The number of hydrogen-bond donors (Lipinski definition) is 3. The summed E-state index contributed by atoms with van der Waals surface area (Å²) in [5.41, 5.74) is 1.68. The van der Waals surface area contributed by atoms with Crippen molar-refractivity contribution in [3.63, 3.8) is 0 Å². The fourth-order valence-corrected chi connectivity index (χ4v) is 5.52. The van der Waals surface area contributed by atoms with Crippen molar-refractivity contribution < 1.29 is 18.0 Å². The van der Waals surface area contributed by atoms with Gasteiger partial charge < -0.3 is 16.0 Å². The van der Waals surface area contributed by atoms with E-state index in [4.69, 9.17) is 11.6 Å². The fourth-order valence-electron chi connectivity index (χ4n) is 3.51. The zero-order valence-electron chi connectivity index (χ0n) is 18.7. The number of benzene rings is 2. The van der Waals surface area contributed by atoms with Crippen LogP contribution in [-0.4, -0.2) is 43.8 Å². The molecule has 0 atom stereocenters. The van der Waals surface area contributed by atoms with Crippen LogP contribution in [0.1, 0.15) is 49.0 Å². The summed E-state index contributed by atoms with van der Waals surface area (Å²) in [6, 6.07) is 11.1. The van der Waals surface area contributed by atoms with Crippen molar-refractivity contribution in [2.24, 2.45) is 0 Å². The molecule has 0 aliphatic carbocycles. The second-order valence-corrected chi connectivity index (χ2v) is 10.6. The molecule has 0 spiro atoms. The van der Waals surface area contributed by atoms with E-state index in [-0.39, 0.29) is 34.1 Å². The molecule has 0 bridgehead atoms. The molecule has 0 radical (unpaired) electrons. The molecule has 178 valence electrons. The molecule has 3 rings (SSSR count). The first-order valence-electron chi connectivity index (χ1n) is 10.9. The number of halogens is 1. The second kappa shape index (κ2) is 11.0. The monoisotopic (exact) mass is 492 g/mol. The van der Waals surface area contributed by atoms with Gasteiger partial charge in [-0.05, 0) is 62.6 Å². The summed E-state index contributed by atoms with van der Waals surface area (Å²) >= 11 is 6.18. The molecule has 1 aliphatic rings. The van der Waals surface area contributed by atoms with Crippen LogP contribution in [0.4, 0.5) is 10.5 Å². The van der Waals surface area contributed by atoms with Crippen LogP contribution in [0.3, 0.4) is 0 Å². The molecule has 33 heavy (non-hydrogen) atoms. The lowest BCUT2D eigenvalue weighted by Gasteiger charge is -2.26. The van der Waals surface area contributed by atoms with Gasteiger partial charge in [-0.2, -0.15) is 4.31 Å². The van der Waals surface area contributed by atoms with Crippen LogP contribution in [-0.2, 0) is 16.6 Å². The van der Waals surface area contributed by atoms with Gasteiger partial charge in [0.05, 0.1) is 5.02 Å². The smallest absolute Gasteiger partial charge is 0.319 e. The molecule has 10 heteroatoms. The Bertz CT molecular complexity index is 1100. The van der Waals surface area contributed by atoms with Gasteiger partial charge in [-0.1, -0.05) is 30.2 Å². The molecule has 1 aliphatic heterocycles. The van der Waals surface area contributed by atoms with E-state index < -0.39 is 15.9 Å². The van der Waals surface area contributed by atoms with Crippen LogP contribution in [0, 0.1) is 0 Å². The van der Waals surface area contributed by atoms with E-state index in [0.717, 1.165) is 24.8 Å². The number of nitrogens with one attached hydrogen (secondary N) is 3. The van der Waals surface area contributed by atoms with Crippen LogP contribution in [0.15, 0.2) is 47.4 Å². The van der Waals surface area contributed by atoms with Crippen LogP contribution >= 0.6 is 11.6 Å². The average Bonchev–Trinajstić information content (AvgIpc) is 2.78. The van der Waals surface area contributed by atoms with Crippen molar-refractivity contribution in [2.45, 2.75) is 50.6 Å². The summed E-state index contributed by atoms with van der Waals surface area (Å²) in [5.74, 6) is -0.403. The molecule has 1 saturated heterocycles. The van der Waals surface area contributed by atoms with Crippen LogP contribution < -0.4 is 16.0 Å². The number of hydrogen-bond acceptors (Lipinski definition) is 4. The molecule has 0 unspecified atom stereocenters. The average molecular weight is 493 g/mol. The van der Waals surface area contributed by atoms with E-state index in [9.17, 15) is 18.0 Å². The third kappa shape index (κ3) is 6.69. The van der Waals surface area contributed by atoms with Crippen molar-refractivity contribution in [2.75, 3.05) is 18.4 Å². The Labute approximate surface area is 199 Å². The van der Waals surface area contributed by atoms with Crippen molar-refractivity contribution in [1.82, 2.24) is 14.9 Å². The highest BCUT2D eigenvalue weighted by Crippen LogP contribution is 2.28. The van der Waals surface area contributed by atoms with E-state index >= 15 is 0 Å². The van der Waals surface area contributed by atoms with Gasteiger partial charge >= 0.3 is 6.03 Å². The summed E-state index contributed by atoms with van der Waals surface area (Å²) in [6.07, 6.45) is 2.63. The standard InChI is InChI=1S/C23H29ClN4O4S/c1-16(2)26-23(30)27-19-9-6-17(7-10-19)15-25-22(29)18-8-11-20(24)21(14-18)33(31,32)28-12-4-3-5-13-28/h6-11,14,16H,3-5,12-13,15H2,1-2H3,(H,25,29)(H2,26,27,30). The molecule has 1 heterocycles. The maximum absolute atomic E-state index is 13.0. The highest BCUT2D eigenvalue weighted by atomic mass is 35.5. The molecule has 2 aromatic rings. The van der Waals surface area contributed by atoms with Crippen molar-refractivity contribution >= 4 is 39.2 Å². The Hall–Kier alpha value is -2.62. The van der Waals surface area contributed by atoms with Gasteiger partial charge in [0.25, 0.3) is 5.91 Å². The zero-order valence-corrected chi connectivity index (χ0v) is 20.3. The topological polar surface area (TPSA) is 108 Å². The number of urea groups is 1. The number of rotatable bonds is 7. The Morgan fingerprint density at radius 1 is 1.03 bits per heavy atom. The minimum Gasteiger partial charge on any atom is -0.348 e. The number of sulfonamides is 1. The van der Waals surface area contributed by atoms with E-state index in [1.807, 2.05) is 13.8 Å².